The first-order valence-corrected chi connectivity index (χ1v) is 8.58. The first kappa shape index (κ1) is 15.6. The van der Waals surface area contributed by atoms with E-state index in [1.54, 1.807) is 18.2 Å². The van der Waals surface area contributed by atoms with Crippen LogP contribution in [-0.2, 0) is 10.0 Å². The predicted octanol–water partition coefficient (Wildman–Crippen LogP) is 2.98. The summed E-state index contributed by atoms with van der Waals surface area (Å²) in [5.41, 5.74) is 3.61. The maximum absolute atomic E-state index is 13.1. The number of hydrogen-bond donors (Lipinski definition) is 1. The van der Waals surface area contributed by atoms with Gasteiger partial charge in [-0.25, -0.2) is 22.9 Å². The van der Waals surface area contributed by atoms with E-state index >= 15 is 0 Å². The van der Waals surface area contributed by atoms with Gasteiger partial charge in [-0.05, 0) is 46.9 Å². The average Bonchev–Trinajstić information content (AvgIpc) is 2.89. The van der Waals surface area contributed by atoms with Gasteiger partial charge in [0.25, 0.3) is 10.0 Å². The van der Waals surface area contributed by atoms with Gasteiger partial charge in [0.15, 0.2) is 5.03 Å². The van der Waals surface area contributed by atoms with Crippen LogP contribution in [0.2, 0.25) is 0 Å². The molecule has 1 aliphatic rings. The number of sulfonamides is 1. The van der Waals surface area contributed by atoms with Gasteiger partial charge in [-0.2, -0.15) is 0 Å². The SMILES string of the molecule is CC1C=C(c2ccc(F)cc2)C(c2ccc(S(N)(=O)=O)nc2)=C1. The van der Waals surface area contributed by atoms with Crippen LogP contribution < -0.4 is 5.14 Å². The van der Waals surface area contributed by atoms with E-state index in [1.165, 1.54) is 24.4 Å². The smallest absolute Gasteiger partial charge is 0.243 e. The Balaban J connectivity index is 2.00. The lowest BCUT2D eigenvalue weighted by Crippen LogP contribution is -2.13. The summed E-state index contributed by atoms with van der Waals surface area (Å²) in [5.74, 6) is -0.0620. The number of hydrogen-bond acceptors (Lipinski definition) is 3. The molecule has 1 aromatic heterocycles. The number of primary sulfonamides is 1. The average molecular weight is 330 g/mol. The van der Waals surface area contributed by atoms with Crippen molar-refractivity contribution in [3.05, 3.63) is 71.7 Å². The zero-order valence-electron chi connectivity index (χ0n) is 12.4. The number of nitrogens with zero attached hydrogens (tertiary/aromatic N) is 1. The second-order valence-electron chi connectivity index (χ2n) is 5.46. The first-order chi connectivity index (χ1) is 10.8. The summed E-state index contributed by atoms with van der Waals surface area (Å²) in [6.07, 6.45) is 5.63. The molecular weight excluding hydrogens is 315 g/mol. The van der Waals surface area contributed by atoms with Crippen LogP contribution in [0, 0.1) is 11.7 Å². The van der Waals surface area contributed by atoms with Gasteiger partial charge in [-0.3, -0.25) is 0 Å². The molecule has 0 bridgehead atoms. The largest absolute Gasteiger partial charge is 0.255 e. The van der Waals surface area contributed by atoms with Gasteiger partial charge in [0, 0.05) is 11.8 Å². The summed E-state index contributed by atoms with van der Waals surface area (Å²) in [7, 11) is -3.81. The topological polar surface area (TPSA) is 73.1 Å². The van der Waals surface area contributed by atoms with E-state index in [0.29, 0.717) is 0 Å². The molecule has 1 unspecified atom stereocenters. The molecule has 1 heterocycles. The second kappa shape index (κ2) is 5.72. The lowest BCUT2D eigenvalue weighted by Gasteiger charge is -2.10. The Morgan fingerprint density at radius 2 is 1.57 bits per heavy atom. The summed E-state index contributed by atoms with van der Waals surface area (Å²) < 4.78 is 35.7. The molecule has 0 fully saturated rings. The quantitative estimate of drug-likeness (QED) is 0.940. The number of allylic oxidation sites excluding steroid dienone is 4. The summed E-state index contributed by atoms with van der Waals surface area (Å²) in [6, 6.07) is 9.33. The van der Waals surface area contributed by atoms with Crippen LogP contribution in [0.1, 0.15) is 18.1 Å². The Hall–Kier alpha value is -2.31. The van der Waals surface area contributed by atoms with Gasteiger partial charge >= 0.3 is 0 Å². The molecule has 0 amide bonds. The number of aromatic nitrogens is 1. The lowest BCUT2D eigenvalue weighted by molar-refractivity contribution is 0.594. The van der Waals surface area contributed by atoms with E-state index in [0.717, 1.165) is 22.3 Å². The molecule has 6 heteroatoms. The standard InChI is InChI=1S/C17H15FN2O2S/c1-11-8-15(12-2-5-14(18)6-3-12)16(9-11)13-4-7-17(20-10-13)23(19,21)22/h2-11H,1H3,(H2,19,21,22). The third-order valence-corrected chi connectivity index (χ3v) is 4.47. The summed E-state index contributed by atoms with van der Waals surface area (Å²) in [6.45, 7) is 2.04. The van der Waals surface area contributed by atoms with Crippen molar-refractivity contribution < 1.29 is 12.8 Å². The third-order valence-electron chi connectivity index (χ3n) is 3.64. The number of halogens is 1. The zero-order valence-corrected chi connectivity index (χ0v) is 13.2. The highest BCUT2D eigenvalue weighted by Gasteiger charge is 2.19. The molecule has 1 atom stereocenters. The summed E-state index contributed by atoms with van der Waals surface area (Å²) >= 11 is 0. The Morgan fingerprint density at radius 1 is 1.00 bits per heavy atom. The van der Waals surface area contributed by atoms with Crippen LogP contribution in [0.15, 0.2) is 59.8 Å². The van der Waals surface area contributed by atoms with E-state index in [2.05, 4.69) is 17.1 Å². The molecule has 0 radical (unpaired) electrons. The lowest BCUT2D eigenvalue weighted by atomic mass is 9.96. The fourth-order valence-electron chi connectivity index (χ4n) is 2.59. The molecule has 118 valence electrons. The monoisotopic (exact) mass is 330 g/mol. The van der Waals surface area contributed by atoms with E-state index < -0.39 is 10.0 Å². The number of rotatable bonds is 3. The van der Waals surface area contributed by atoms with Crippen LogP contribution >= 0.6 is 0 Å². The molecule has 23 heavy (non-hydrogen) atoms. The zero-order chi connectivity index (χ0) is 16.6. The highest BCUT2D eigenvalue weighted by Crippen LogP contribution is 2.38. The Bertz CT molecular complexity index is 899. The van der Waals surface area contributed by atoms with Gasteiger partial charge in [-0.15, -0.1) is 0 Å². The maximum atomic E-state index is 13.1. The normalized spacial score (nSPS) is 17.8. The molecule has 2 N–H and O–H groups in total. The van der Waals surface area contributed by atoms with Crippen LogP contribution in [0.25, 0.3) is 11.1 Å². The highest BCUT2D eigenvalue weighted by molar-refractivity contribution is 7.89. The van der Waals surface area contributed by atoms with Gasteiger partial charge in [-0.1, -0.05) is 31.2 Å². The maximum Gasteiger partial charge on any atom is 0.255 e. The van der Waals surface area contributed by atoms with Crippen molar-refractivity contribution in [3.63, 3.8) is 0 Å². The molecule has 2 aromatic rings. The summed E-state index contributed by atoms with van der Waals surface area (Å²) in [5, 5.41) is 4.90. The molecule has 3 rings (SSSR count). The van der Waals surface area contributed by atoms with Gasteiger partial charge in [0.05, 0.1) is 0 Å². The Morgan fingerprint density at radius 3 is 2.09 bits per heavy atom. The number of pyridine rings is 1. The first-order valence-electron chi connectivity index (χ1n) is 7.04. The van der Waals surface area contributed by atoms with Crippen molar-refractivity contribution in [1.82, 2.24) is 4.98 Å². The van der Waals surface area contributed by atoms with Crippen LogP contribution in [0.3, 0.4) is 0 Å². The van der Waals surface area contributed by atoms with E-state index in [1.807, 2.05) is 6.92 Å². The van der Waals surface area contributed by atoms with Crippen molar-refractivity contribution in [1.29, 1.82) is 0 Å². The Labute approximate surface area is 134 Å². The van der Waals surface area contributed by atoms with Gasteiger partial charge in [0.1, 0.15) is 5.82 Å². The van der Waals surface area contributed by atoms with E-state index in [9.17, 15) is 12.8 Å². The van der Waals surface area contributed by atoms with Crippen molar-refractivity contribution >= 4 is 21.2 Å². The van der Waals surface area contributed by atoms with Crippen LogP contribution in [0.5, 0.6) is 0 Å². The third kappa shape index (κ3) is 3.23. The minimum atomic E-state index is -3.81. The molecule has 0 spiro atoms. The minimum Gasteiger partial charge on any atom is -0.243 e. The fraction of sp³-hybridized carbons (Fsp3) is 0.118. The molecule has 1 aliphatic carbocycles. The van der Waals surface area contributed by atoms with Crippen molar-refractivity contribution in [2.24, 2.45) is 11.1 Å². The van der Waals surface area contributed by atoms with Gasteiger partial charge < -0.3 is 0 Å². The highest BCUT2D eigenvalue weighted by atomic mass is 32.2. The van der Waals surface area contributed by atoms with Crippen molar-refractivity contribution in [3.8, 4) is 0 Å². The minimum absolute atomic E-state index is 0.166. The van der Waals surface area contributed by atoms with Crippen LogP contribution in [0.4, 0.5) is 4.39 Å². The fourth-order valence-corrected chi connectivity index (χ4v) is 3.05. The number of nitrogens with two attached hydrogens (primary N) is 1. The van der Waals surface area contributed by atoms with E-state index in [4.69, 9.17) is 5.14 Å². The van der Waals surface area contributed by atoms with Gasteiger partial charge in [0.2, 0.25) is 0 Å². The van der Waals surface area contributed by atoms with Crippen molar-refractivity contribution in [2.45, 2.75) is 11.9 Å². The van der Waals surface area contributed by atoms with E-state index in [-0.39, 0.29) is 16.8 Å². The second-order valence-corrected chi connectivity index (χ2v) is 6.97. The summed E-state index contributed by atoms with van der Waals surface area (Å²) in [4.78, 5) is 3.92. The molecule has 1 aromatic carbocycles. The van der Waals surface area contributed by atoms with Crippen LogP contribution in [-0.4, -0.2) is 13.4 Å². The van der Waals surface area contributed by atoms with Crippen molar-refractivity contribution in [2.75, 3.05) is 0 Å². The Kier molecular flexibility index (Phi) is 3.87. The molecule has 0 saturated heterocycles. The molecule has 4 nitrogen and oxygen atoms in total. The number of benzene rings is 1. The molecule has 0 saturated carbocycles. The molecule has 0 aliphatic heterocycles. The predicted molar refractivity (Wildman–Crippen MR) is 87.1 cm³/mol. The molecular formula is C17H15FN2O2S.